The zero-order chi connectivity index (χ0) is 19.5. The molecule has 1 fully saturated rings. The Morgan fingerprint density at radius 2 is 1.89 bits per heavy atom. The molecule has 1 aliphatic heterocycles. The summed E-state index contributed by atoms with van der Waals surface area (Å²) in [6.45, 7) is 1.31. The molecule has 2 heterocycles. The van der Waals surface area contributed by atoms with Crippen molar-refractivity contribution < 1.29 is 4.79 Å². The van der Waals surface area contributed by atoms with Crippen molar-refractivity contribution in [3.05, 3.63) is 81.5 Å². The van der Waals surface area contributed by atoms with Gasteiger partial charge in [-0.25, -0.2) is 4.79 Å². The number of nitrogens with one attached hydrogen (secondary N) is 1. The van der Waals surface area contributed by atoms with Gasteiger partial charge in [0.1, 0.15) is 5.82 Å². The molecule has 7 heteroatoms. The molecule has 4 rings (SSSR count). The third kappa shape index (κ3) is 4.02. The topological polar surface area (TPSA) is 71.0 Å². The van der Waals surface area contributed by atoms with Crippen LogP contribution in [0.3, 0.4) is 0 Å². The van der Waals surface area contributed by atoms with Crippen molar-refractivity contribution in [1.29, 1.82) is 0 Å². The molecule has 1 aliphatic rings. The van der Waals surface area contributed by atoms with Gasteiger partial charge in [-0.15, -0.1) is 5.10 Å². The fourth-order valence-corrected chi connectivity index (χ4v) is 3.72. The van der Waals surface area contributed by atoms with Crippen molar-refractivity contribution in [2.24, 2.45) is 0 Å². The predicted octanol–water partition coefficient (Wildman–Crippen LogP) is 3.16. The molecule has 144 valence electrons. The number of halogens is 1. The first-order valence-electron chi connectivity index (χ1n) is 9.37. The number of likely N-dealkylation sites (tertiary alicyclic amines) is 1. The number of carbonyl (C=O) groups excluding carboxylic acids is 1. The maximum atomic E-state index is 12.7. The average Bonchev–Trinajstić information content (AvgIpc) is 3.11. The van der Waals surface area contributed by atoms with E-state index in [1.165, 1.54) is 4.68 Å². The first-order valence-corrected chi connectivity index (χ1v) is 9.75. The molecule has 2 aromatic carbocycles. The van der Waals surface area contributed by atoms with Crippen LogP contribution in [0.4, 0.5) is 0 Å². The number of hydrogen-bond acceptors (Lipinski definition) is 3. The molecule has 0 saturated carbocycles. The third-order valence-electron chi connectivity index (χ3n) is 5.07. The minimum absolute atomic E-state index is 0.0229. The maximum Gasteiger partial charge on any atom is 0.348 e. The highest BCUT2D eigenvalue weighted by Crippen LogP contribution is 2.25. The Balaban J connectivity index is 1.49. The summed E-state index contributed by atoms with van der Waals surface area (Å²) in [4.78, 5) is 29.8. The van der Waals surface area contributed by atoms with Crippen LogP contribution in [0.15, 0.2) is 59.4 Å². The largest absolute Gasteiger partial charge is 0.348 e. The second-order valence-corrected chi connectivity index (χ2v) is 7.48. The molecular formula is C21H21ClN4O2. The molecule has 1 atom stereocenters. The molecule has 1 saturated heterocycles. The summed E-state index contributed by atoms with van der Waals surface area (Å²) in [5, 5.41) is 5.08. The van der Waals surface area contributed by atoms with E-state index >= 15 is 0 Å². The number of rotatable bonds is 4. The molecule has 0 radical (unpaired) electrons. The Labute approximate surface area is 167 Å². The molecule has 1 aromatic heterocycles. The van der Waals surface area contributed by atoms with Crippen LogP contribution in [0.2, 0.25) is 5.02 Å². The van der Waals surface area contributed by atoms with Crippen molar-refractivity contribution >= 4 is 17.5 Å². The Kier molecular flexibility index (Phi) is 5.30. The van der Waals surface area contributed by atoms with Crippen LogP contribution in [-0.4, -0.2) is 38.7 Å². The molecule has 0 bridgehead atoms. The zero-order valence-corrected chi connectivity index (χ0v) is 16.1. The Morgan fingerprint density at radius 3 is 2.64 bits per heavy atom. The van der Waals surface area contributed by atoms with E-state index in [2.05, 4.69) is 10.1 Å². The zero-order valence-electron chi connectivity index (χ0n) is 15.3. The van der Waals surface area contributed by atoms with E-state index in [0.717, 1.165) is 24.9 Å². The van der Waals surface area contributed by atoms with Crippen molar-refractivity contribution in [2.75, 3.05) is 13.1 Å². The van der Waals surface area contributed by atoms with Crippen molar-refractivity contribution in [3.8, 4) is 5.69 Å². The highest BCUT2D eigenvalue weighted by molar-refractivity contribution is 6.30. The second kappa shape index (κ2) is 8.02. The van der Waals surface area contributed by atoms with Crippen molar-refractivity contribution in [3.63, 3.8) is 0 Å². The van der Waals surface area contributed by atoms with Gasteiger partial charge in [0.15, 0.2) is 0 Å². The van der Waals surface area contributed by atoms with E-state index in [1.54, 1.807) is 24.3 Å². The molecule has 0 aliphatic carbocycles. The summed E-state index contributed by atoms with van der Waals surface area (Å²) in [5.74, 6) is 0.752. The third-order valence-corrected chi connectivity index (χ3v) is 5.32. The van der Waals surface area contributed by atoms with E-state index in [9.17, 15) is 9.59 Å². The number of hydrogen-bond donors (Lipinski definition) is 1. The number of carbonyl (C=O) groups is 1. The molecule has 3 aromatic rings. The number of piperidine rings is 1. The predicted molar refractivity (Wildman–Crippen MR) is 108 cm³/mol. The Hall–Kier alpha value is -2.86. The van der Waals surface area contributed by atoms with Gasteiger partial charge in [0.25, 0.3) is 0 Å². The lowest BCUT2D eigenvalue weighted by molar-refractivity contribution is -0.131. The van der Waals surface area contributed by atoms with E-state index in [0.29, 0.717) is 29.5 Å². The Bertz CT molecular complexity index is 1010. The standard InChI is InChI=1S/C21H21ClN4O2/c22-17-8-10-18(11-9-17)26-21(28)23-20(24-26)16-7-4-12-25(14-16)19(27)13-15-5-2-1-3-6-15/h1-3,5-6,8-11,16H,4,7,12-14H2,(H,23,24,28). The monoisotopic (exact) mass is 396 g/mol. The summed E-state index contributed by atoms with van der Waals surface area (Å²) in [7, 11) is 0. The molecule has 1 amide bonds. The summed E-state index contributed by atoms with van der Waals surface area (Å²) in [6.07, 6.45) is 2.17. The van der Waals surface area contributed by atoms with Gasteiger partial charge in [-0.1, -0.05) is 41.9 Å². The van der Waals surface area contributed by atoms with Gasteiger partial charge in [0, 0.05) is 24.0 Å². The van der Waals surface area contributed by atoms with Gasteiger partial charge in [-0.3, -0.25) is 9.78 Å². The lowest BCUT2D eigenvalue weighted by Gasteiger charge is -2.31. The molecular weight excluding hydrogens is 376 g/mol. The van der Waals surface area contributed by atoms with Gasteiger partial charge < -0.3 is 4.90 Å². The van der Waals surface area contributed by atoms with Crippen LogP contribution < -0.4 is 5.69 Å². The summed E-state index contributed by atoms with van der Waals surface area (Å²) < 4.78 is 1.34. The van der Waals surface area contributed by atoms with Crippen LogP contribution in [0.5, 0.6) is 0 Å². The minimum atomic E-state index is -0.287. The molecule has 28 heavy (non-hydrogen) atoms. The smallest absolute Gasteiger partial charge is 0.342 e. The van der Waals surface area contributed by atoms with Crippen LogP contribution >= 0.6 is 11.6 Å². The minimum Gasteiger partial charge on any atom is -0.342 e. The highest BCUT2D eigenvalue weighted by atomic mass is 35.5. The van der Waals surface area contributed by atoms with Crippen LogP contribution in [-0.2, 0) is 11.2 Å². The summed E-state index contributed by atoms with van der Waals surface area (Å²) in [6, 6.07) is 16.7. The average molecular weight is 397 g/mol. The maximum absolute atomic E-state index is 12.7. The van der Waals surface area contributed by atoms with Crippen LogP contribution in [0.1, 0.15) is 30.1 Å². The number of benzene rings is 2. The van der Waals surface area contributed by atoms with E-state index in [1.807, 2.05) is 35.2 Å². The summed E-state index contributed by atoms with van der Waals surface area (Å²) >= 11 is 5.92. The molecule has 6 nitrogen and oxygen atoms in total. The van der Waals surface area contributed by atoms with Crippen molar-refractivity contribution in [2.45, 2.75) is 25.2 Å². The van der Waals surface area contributed by atoms with E-state index in [4.69, 9.17) is 11.6 Å². The van der Waals surface area contributed by atoms with Gasteiger partial charge >= 0.3 is 5.69 Å². The summed E-state index contributed by atoms with van der Waals surface area (Å²) in [5.41, 5.74) is 1.38. The highest BCUT2D eigenvalue weighted by Gasteiger charge is 2.27. The first-order chi connectivity index (χ1) is 13.6. The second-order valence-electron chi connectivity index (χ2n) is 7.04. The number of aromatic nitrogens is 3. The fraction of sp³-hybridized carbons (Fsp3) is 0.286. The number of aromatic amines is 1. The number of nitrogens with zero attached hydrogens (tertiary/aromatic N) is 3. The lowest BCUT2D eigenvalue weighted by Crippen LogP contribution is -2.40. The number of H-pyrrole nitrogens is 1. The van der Waals surface area contributed by atoms with E-state index in [-0.39, 0.29) is 17.5 Å². The quantitative estimate of drug-likeness (QED) is 0.736. The lowest BCUT2D eigenvalue weighted by atomic mass is 9.97. The van der Waals surface area contributed by atoms with Gasteiger partial charge in [0.05, 0.1) is 12.1 Å². The Morgan fingerprint density at radius 1 is 1.14 bits per heavy atom. The number of amides is 1. The normalized spacial score (nSPS) is 16.9. The van der Waals surface area contributed by atoms with Gasteiger partial charge in [-0.05, 0) is 42.7 Å². The molecule has 0 spiro atoms. The van der Waals surface area contributed by atoms with Crippen molar-refractivity contribution in [1.82, 2.24) is 19.7 Å². The molecule has 1 N–H and O–H groups in total. The van der Waals surface area contributed by atoms with E-state index < -0.39 is 0 Å². The van der Waals surface area contributed by atoms with Crippen LogP contribution in [0.25, 0.3) is 5.69 Å². The van der Waals surface area contributed by atoms with Gasteiger partial charge in [0.2, 0.25) is 5.91 Å². The molecule has 1 unspecified atom stereocenters. The van der Waals surface area contributed by atoms with Gasteiger partial charge in [-0.2, -0.15) is 4.68 Å². The fourth-order valence-electron chi connectivity index (χ4n) is 3.59. The van der Waals surface area contributed by atoms with Crippen LogP contribution in [0, 0.1) is 0 Å². The first kappa shape index (κ1) is 18.5. The SMILES string of the molecule is O=C(Cc1ccccc1)N1CCCC(c2nn(-c3ccc(Cl)cc3)c(=O)[nH]2)C1.